The molecule has 0 aliphatic rings. The molecule has 1 atom stereocenters. The highest BCUT2D eigenvalue weighted by molar-refractivity contribution is 4.69. The van der Waals surface area contributed by atoms with Crippen LogP contribution in [0.2, 0.25) is 0 Å². The molecule has 0 aromatic carbocycles. The third-order valence-electron chi connectivity index (χ3n) is 2.92. The first-order valence-corrected chi connectivity index (χ1v) is 7.49. The molecule has 0 heterocycles. The summed E-state index contributed by atoms with van der Waals surface area (Å²) < 4.78 is 5.74. The lowest BCUT2D eigenvalue weighted by molar-refractivity contribution is 0.0542. The first-order valence-electron chi connectivity index (χ1n) is 7.49. The lowest BCUT2D eigenvalue weighted by Gasteiger charge is -2.32. The van der Waals surface area contributed by atoms with E-state index in [-0.39, 0.29) is 0 Å². The van der Waals surface area contributed by atoms with Crippen molar-refractivity contribution in [3.63, 3.8) is 0 Å². The third-order valence-corrected chi connectivity index (χ3v) is 2.92. The molecule has 0 bridgehead atoms. The van der Waals surface area contributed by atoms with Crippen LogP contribution in [0.25, 0.3) is 0 Å². The van der Waals surface area contributed by atoms with Crippen LogP contribution in [0.3, 0.4) is 0 Å². The van der Waals surface area contributed by atoms with E-state index in [1.807, 2.05) is 0 Å². The summed E-state index contributed by atoms with van der Waals surface area (Å²) in [5, 5.41) is 0. The lowest BCUT2D eigenvalue weighted by Crippen LogP contribution is -2.41. The standard InChI is InChI=1S/C15H34N2O/c1-13(2)10-17(11-14(3)4)15(5)12-18-9-7-6-8-16/h13-15H,6-12,16H2,1-5H3. The first kappa shape index (κ1) is 17.9. The first-order chi connectivity index (χ1) is 8.47. The fraction of sp³-hybridized carbons (Fsp3) is 1.00. The van der Waals surface area contributed by atoms with Gasteiger partial charge in [0.2, 0.25) is 0 Å². The van der Waals surface area contributed by atoms with E-state index in [4.69, 9.17) is 10.5 Å². The van der Waals surface area contributed by atoms with Crippen molar-refractivity contribution >= 4 is 0 Å². The Balaban J connectivity index is 3.92. The van der Waals surface area contributed by atoms with Gasteiger partial charge in [-0.05, 0) is 38.1 Å². The fourth-order valence-electron chi connectivity index (χ4n) is 2.08. The van der Waals surface area contributed by atoms with Gasteiger partial charge in [-0.1, -0.05) is 27.7 Å². The molecule has 0 amide bonds. The number of nitrogens with two attached hydrogens (primary N) is 1. The molecular weight excluding hydrogens is 224 g/mol. The van der Waals surface area contributed by atoms with E-state index >= 15 is 0 Å². The normalized spacial score (nSPS) is 13.8. The monoisotopic (exact) mass is 258 g/mol. The van der Waals surface area contributed by atoms with E-state index in [1.165, 1.54) is 0 Å². The molecule has 0 saturated heterocycles. The smallest absolute Gasteiger partial charge is 0.0619 e. The number of ether oxygens (including phenoxy) is 1. The Morgan fingerprint density at radius 2 is 1.50 bits per heavy atom. The molecule has 1 unspecified atom stereocenters. The van der Waals surface area contributed by atoms with E-state index in [2.05, 4.69) is 39.5 Å². The SMILES string of the molecule is CC(C)CN(CC(C)C)C(C)COCCCCN. The number of unbranched alkanes of at least 4 members (excludes halogenated alkanes) is 1. The van der Waals surface area contributed by atoms with Crippen molar-refractivity contribution in [2.45, 2.75) is 53.5 Å². The molecule has 0 saturated carbocycles. The summed E-state index contributed by atoms with van der Waals surface area (Å²) in [6.45, 7) is 16.2. The summed E-state index contributed by atoms with van der Waals surface area (Å²) in [5.41, 5.74) is 5.46. The second-order valence-electron chi connectivity index (χ2n) is 6.16. The van der Waals surface area contributed by atoms with Gasteiger partial charge in [0.25, 0.3) is 0 Å². The average Bonchev–Trinajstić information content (AvgIpc) is 2.26. The molecule has 3 nitrogen and oxygen atoms in total. The minimum atomic E-state index is 0.507. The fourth-order valence-corrected chi connectivity index (χ4v) is 2.08. The van der Waals surface area contributed by atoms with Gasteiger partial charge < -0.3 is 10.5 Å². The Labute approximate surface area is 114 Å². The van der Waals surface area contributed by atoms with Crippen LogP contribution in [0.1, 0.15) is 47.5 Å². The molecule has 2 N–H and O–H groups in total. The van der Waals surface area contributed by atoms with Crippen LogP contribution in [0.5, 0.6) is 0 Å². The van der Waals surface area contributed by atoms with Gasteiger partial charge in [-0.15, -0.1) is 0 Å². The highest BCUT2D eigenvalue weighted by Gasteiger charge is 2.16. The molecule has 0 fully saturated rings. The van der Waals surface area contributed by atoms with Gasteiger partial charge in [0.1, 0.15) is 0 Å². The molecule has 0 rings (SSSR count). The van der Waals surface area contributed by atoms with Gasteiger partial charge in [-0.25, -0.2) is 0 Å². The molecule has 0 spiro atoms. The topological polar surface area (TPSA) is 38.5 Å². The zero-order chi connectivity index (χ0) is 14.0. The van der Waals surface area contributed by atoms with Crippen LogP contribution in [-0.4, -0.2) is 43.8 Å². The predicted molar refractivity (Wildman–Crippen MR) is 79.8 cm³/mol. The zero-order valence-electron chi connectivity index (χ0n) is 13.1. The molecule has 3 heteroatoms. The summed E-state index contributed by atoms with van der Waals surface area (Å²) in [5.74, 6) is 1.42. The van der Waals surface area contributed by atoms with Crippen molar-refractivity contribution in [3.8, 4) is 0 Å². The number of hydrogen-bond acceptors (Lipinski definition) is 3. The van der Waals surface area contributed by atoms with Gasteiger partial charge in [-0.3, -0.25) is 4.90 Å². The number of nitrogens with zero attached hydrogens (tertiary/aromatic N) is 1. The summed E-state index contributed by atoms with van der Waals surface area (Å²) in [6.07, 6.45) is 2.15. The van der Waals surface area contributed by atoms with Gasteiger partial charge in [0, 0.05) is 25.7 Å². The molecule has 110 valence electrons. The molecule has 0 aliphatic heterocycles. The molecule has 0 aliphatic carbocycles. The average molecular weight is 258 g/mol. The quantitative estimate of drug-likeness (QED) is 0.579. The molecule has 18 heavy (non-hydrogen) atoms. The van der Waals surface area contributed by atoms with Crippen LogP contribution in [0.15, 0.2) is 0 Å². The van der Waals surface area contributed by atoms with Crippen molar-refractivity contribution in [3.05, 3.63) is 0 Å². The van der Waals surface area contributed by atoms with E-state index in [0.717, 1.165) is 45.7 Å². The maximum absolute atomic E-state index is 5.74. The van der Waals surface area contributed by atoms with Crippen molar-refractivity contribution in [2.75, 3.05) is 32.8 Å². The lowest BCUT2D eigenvalue weighted by atomic mass is 10.1. The van der Waals surface area contributed by atoms with Gasteiger partial charge in [0.05, 0.1) is 6.61 Å². The summed E-state index contributed by atoms with van der Waals surface area (Å²) in [4.78, 5) is 2.55. The Bertz CT molecular complexity index is 173. The second-order valence-corrected chi connectivity index (χ2v) is 6.16. The van der Waals surface area contributed by atoms with Crippen LogP contribution in [-0.2, 0) is 4.74 Å². The maximum atomic E-state index is 5.74. The molecule has 0 radical (unpaired) electrons. The van der Waals surface area contributed by atoms with Crippen molar-refractivity contribution in [1.29, 1.82) is 0 Å². The minimum absolute atomic E-state index is 0.507. The van der Waals surface area contributed by atoms with Crippen LogP contribution < -0.4 is 5.73 Å². The Morgan fingerprint density at radius 1 is 0.944 bits per heavy atom. The van der Waals surface area contributed by atoms with Gasteiger partial charge >= 0.3 is 0 Å². The van der Waals surface area contributed by atoms with Crippen LogP contribution in [0.4, 0.5) is 0 Å². The second kappa shape index (κ2) is 10.8. The number of rotatable bonds is 11. The highest BCUT2D eigenvalue weighted by atomic mass is 16.5. The number of hydrogen-bond donors (Lipinski definition) is 1. The molecular formula is C15H34N2O. The predicted octanol–water partition coefficient (Wildman–Crippen LogP) is 2.74. The van der Waals surface area contributed by atoms with E-state index < -0.39 is 0 Å². The Kier molecular flexibility index (Phi) is 10.7. The molecule has 0 aromatic heterocycles. The van der Waals surface area contributed by atoms with E-state index in [0.29, 0.717) is 17.9 Å². The van der Waals surface area contributed by atoms with E-state index in [9.17, 15) is 0 Å². The molecule has 0 aromatic rings. The Morgan fingerprint density at radius 3 is 1.94 bits per heavy atom. The van der Waals surface area contributed by atoms with Gasteiger partial charge in [-0.2, -0.15) is 0 Å². The minimum Gasteiger partial charge on any atom is -0.380 e. The van der Waals surface area contributed by atoms with E-state index in [1.54, 1.807) is 0 Å². The van der Waals surface area contributed by atoms with Crippen LogP contribution >= 0.6 is 0 Å². The summed E-state index contributed by atoms with van der Waals surface area (Å²) in [7, 11) is 0. The van der Waals surface area contributed by atoms with Crippen molar-refractivity contribution < 1.29 is 4.74 Å². The van der Waals surface area contributed by atoms with Crippen molar-refractivity contribution in [1.82, 2.24) is 4.90 Å². The summed E-state index contributed by atoms with van der Waals surface area (Å²) in [6, 6.07) is 0.507. The van der Waals surface area contributed by atoms with Crippen LogP contribution in [0, 0.1) is 11.8 Å². The summed E-state index contributed by atoms with van der Waals surface area (Å²) >= 11 is 0. The zero-order valence-corrected chi connectivity index (χ0v) is 13.1. The highest BCUT2D eigenvalue weighted by Crippen LogP contribution is 2.09. The largest absolute Gasteiger partial charge is 0.380 e. The van der Waals surface area contributed by atoms with Crippen molar-refractivity contribution in [2.24, 2.45) is 17.6 Å². The van der Waals surface area contributed by atoms with Gasteiger partial charge in [0.15, 0.2) is 0 Å². The Hall–Kier alpha value is -0.120. The third kappa shape index (κ3) is 9.86. The maximum Gasteiger partial charge on any atom is 0.0619 e.